The zero-order chi connectivity index (χ0) is 21.3. The van der Waals surface area contributed by atoms with Crippen LogP contribution in [0.5, 0.6) is 0 Å². The van der Waals surface area contributed by atoms with E-state index in [0.29, 0.717) is 26.8 Å². The van der Waals surface area contributed by atoms with Crippen molar-refractivity contribution in [3.8, 4) is 0 Å². The molecule has 0 radical (unpaired) electrons. The fourth-order valence-electron chi connectivity index (χ4n) is 3.85. The molecule has 1 fully saturated rings. The molecule has 0 spiro atoms. The van der Waals surface area contributed by atoms with E-state index in [1.165, 1.54) is 60.8 Å². The van der Waals surface area contributed by atoms with Crippen LogP contribution in [0.25, 0.3) is 4.96 Å². The quantitative estimate of drug-likeness (QED) is 0.415. The van der Waals surface area contributed by atoms with Gasteiger partial charge in [0.05, 0.1) is 5.75 Å². The SMILES string of the molecule is CC(C)(C)c1nc(=O)nc2sc(SCC(=O)c3ccc(C4CCCCC4)cc3)nn12. The van der Waals surface area contributed by atoms with Crippen molar-refractivity contribution in [2.45, 2.75) is 68.5 Å². The molecule has 4 rings (SSSR count). The third-order valence-electron chi connectivity index (χ3n) is 5.44. The number of rotatable bonds is 5. The Labute approximate surface area is 184 Å². The predicted molar refractivity (Wildman–Crippen MR) is 121 cm³/mol. The van der Waals surface area contributed by atoms with Crippen molar-refractivity contribution in [2.24, 2.45) is 0 Å². The number of carbonyl (C=O) groups excluding carboxylic acids is 1. The molecule has 2 heterocycles. The third-order valence-corrected chi connectivity index (χ3v) is 7.48. The molecule has 0 aliphatic heterocycles. The molecule has 0 unspecified atom stereocenters. The minimum Gasteiger partial charge on any atom is -0.293 e. The summed E-state index contributed by atoms with van der Waals surface area (Å²) >= 11 is 2.69. The van der Waals surface area contributed by atoms with Gasteiger partial charge >= 0.3 is 5.69 Å². The Morgan fingerprint density at radius 3 is 2.50 bits per heavy atom. The Morgan fingerprint density at radius 1 is 1.13 bits per heavy atom. The number of fused-ring (bicyclic) bond motifs is 1. The minimum absolute atomic E-state index is 0.0751. The lowest BCUT2D eigenvalue weighted by Crippen LogP contribution is -2.26. The standard InChI is InChI=1S/C22H26N4O2S2/c1-22(2,3)18-23-19(28)24-20-26(18)25-21(30-20)29-13-17(27)16-11-9-15(10-12-16)14-7-5-4-6-8-14/h9-12,14H,4-8,13H2,1-3H3. The topological polar surface area (TPSA) is 77.2 Å². The maximum atomic E-state index is 12.7. The van der Waals surface area contributed by atoms with Crippen LogP contribution < -0.4 is 5.69 Å². The highest BCUT2D eigenvalue weighted by Crippen LogP contribution is 2.33. The first kappa shape index (κ1) is 21.2. The third kappa shape index (κ3) is 4.64. The molecule has 1 aliphatic carbocycles. The van der Waals surface area contributed by atoms with Gasteiger partial charge in [0.2, 0.25) is 4.96 Å². The summed E-state index contributed by atoms with van der Waals surface area (Å²) in [4.78, 5) is 33.0. The second-order valence-corrected chi connectivity index (χ2v) is 11.0. The van der Waals surface area contributed by atoms with Crippen LogP contribution >= 0.6 is 23.1 Å². The van der Waals surface area contributed by atoms with Crippen molar-refractivity contribution >= 4 is 33.8 Å². The van der Waals surface area contributed by atoms with Crippen LogP contribution in [-0.4, -0.2) is 31.1 Å². The fourth-order valence-corrected chi connectivity index (χ4v) is 5.66. The highest BCUT2D eigenvalue weighted by molar-refractivity contribution is 8.01. The highest BCUT2D eigenvalue weighted by atomic mass is 32.2. The second-order valence-electron chi connectivity index (χ2n) is 8.81. The van der Waals surface area contributed by atoms with Crippen LogP contribution in [0.4, 0.5) is 0 Å². The molecule has 6 nitrogen and oxygen atoms in total. The largest absolute Gasteiger partial charge is 0.371 e. The van der Waals surface area contributed by atoms with E-state index >= 15 is 0 Å². The summed E-state index contributed by atoms with van der Waals surface area (Å²) < 4.78 is 2.32. The maximum absolute atomic E-state index is 12.7. The van der Waals surface area contributed by atoms with Crippen molar-refractivity contribution in [2.75, 3.05) is 5.75 Å². The molecule has 3 aromatic rings. The van der Waals surface area contributed by atoms with Crippen LogP contribution in [0.15, 0.2) is 33.4 Å². The highest BCUT2D eigenvalue weighted by Gasteiger charge is 2.23. The minimum atomic E-state index is -0.505. The second kappa shape index (κ2) is 8.59. The number of benzene rings is 1. The van der Waals surface area contributed by atoms with Crippen molar-refractivity contribution in [1.29, 1.82) is 0 Å². The van der Waals surface area contributed by atoms with Crippen LogP contribution in [0.2, 0.25) is 0 Å². The molecule has 8 heteroatoms. The van der Waals surface area contributed by atoms with Gasteiger partial charge in [-0.2, -0.15) is 14.5 Å². The lowest BCUT2D eigenvalue weighted by Gasteiger charge is -2.22. The first-order chi connectivity index (χ1) is 14.3. The van der Waals surface area contributed by atoms with E-state index < -0.39 is 5.69 Å². The van der Waals surface area contributed by atoms with E-state index in [4.69, 9.17) is 0 Å². The van der Waals surface area contributed by atoms with Gasteiger partial charge in [-0.05, 0) is 24.3 Å². The van der Waals surface area contributed by atoms with Gasteiger partial charge in [0.25, 0.3) is 0 Å². The average molecular weight is 443 g/mol. The first-order valence-corrected chi connectivity index (χ1v) is 12.2. The molecule has 2 aromatic heterocycles. The molecule has 1 aromatic carbocycles. The first-order valence-electron chi connectivity index (χ1n) is 10.4. The summed E-state index contributed by atoms with van der Waals surface area (Å²) in [5.41, 5.74) is 1.24. The number of ketones is 1. The molecular formula is C22H26N4O2S2. The van der Waals surface area contributed by atoms with Crippen molar-refractivity contribution < 1.29 is 4.79 Å². The lowest BCUT2D eigenvalue weighted by atomic mass is 9.84. The predicted octanol–water partition coefficient (Wildman–Crippen LogP) is 4.87. The van der Waals surface area contributed by atoms with Crippen LogP contribution in [0.3, 0.4) is 0 Å². The Bertz CT molecular complexity index is 1110. The number of nitrogens with zero attached hydrogens (tertiary/aromatic N) is 4. The molecule has 158 valence electrons. The van der Waals surface area contributed by atoms with Gasteiger partial charge in [0, 0.05) is 11.0 Å². The van der Waals surface area contributed by atoms with Gasteiger partial charge in [0.15, 0.2) is 10.1 Å². The van der Waals surface area contributed by atoms with Gasteiger partial charge in [-0.1, -0.05) is 87.4 Å². The van der Waals surface area contributed by atoms with Crippen LogP contribution in [0, 0.1) is 0 Å². The molecule has 30 heavy (non-hydrogen) atoms. The summed E-state index contributed by atoms with van der Waals surface area (Å²) in [6, 6.07) is 8.13. The summed E-state index contributed by atoms with van der Waals surface area (Å²) in [6.07, 6.45) is 6.45. The Balaban J connectivity index is 1.46. The van der Waals surface area contributed by atoms with E-state index in [1.807, 2.05) is 32.9 Å². The van der Waals surface area contributed by atoms with E-state index in [9.17, 15) is 9.59 Å². The average Bonchev–Trinajstić information content (AvgIpc) is 3.14. The van der Waals surface area contributed by atoms with E-state index in [-0.39, 0.29) is 11.2 Å². The van der Waals surface area contributed by atoms with Gasteiger partial charge in [0.1, 0.15) is 5.82 Å². The number of aromatic nitrogens is 4. The number of hydrogen-bond donors (Lipinski definition) is 0. The number of carbonyl (C=O) groups is 1. The summed E-state index contributed by atoms with van der Waals surface area (Å²) in [7, 11) is 0. The number of Topliss-reactive ketones (excluding diaryl/α,β-unsaturated/α-hetero) is 1. The van der Waals surface area contributed by atoms with Crippen molar-refractivity contribution in [1.82, 2.24) is 19.6 Å². The van der Waals surface area contributed by atoms with Gasteiger partial charge < -0.3 is 0 Å². The zero-order valence-electron chi connectivity index (χ0n) is 17.6. The summed E-state index contributed by atoms with van der Waals surface area (Å²) in [6.45, 7) is 5.94. The summed E-state index contributed by atoms with van der Waals surface area (Å²) in [5, 5.41) is 4.54. The Kier molecular flexibility index (Phi) is 6.06. The molecule has 0 atom stereocenters. The van der Waals surface area contributed by atoms with Gasteiger partial charge in [-0.15, -0.1) is 5.10 Å². The van der Waals surface area contributed by atoms with E-state index in [1.54, 1.807) is 4.52 Å². The number of thioether (sulfide) groups is 1. The van der Waals surface area contributed by atoms with Crippen molar-refractivity contribution in [3.05, 3.63) is 51.7 Å². The smallest absolute Gasteiger partial charge is 0.293 e. The lowest BCUT2D eigenvalue weighted by molar-refractivity contribution is 0.102. The Hall–Kier alpha value is -2.06. The monoisotopic (exact) mass is 442 g/mol. The number of hydrogen-bond acceptors (Lipinski definition) is 7. The molecule has 0 N–H and O–H groups in total. The normalized spacial score (nSPS) is 15.6. The van der Waals surface area contributed by atoms with Gasteiger partial charge in [-0.3, -0.25) is 4.79 Å². The summed E-state index contributed by atoms with van der Waals surface area (Å²) in [5.74, 6) is 1.59. The van der Waals surface area contributed by atoms with E-state index in [2.05, 4.69) is 27.2 Å². The van der Waals surface area contributed by atoms with Crippen LogP contribution in [0.1, 0.15) is 80.5 Å². The molecule has 0 amide bonds. The fraction of sp³-hybridized carbons (Fsp3) is 0.500. The van der Waals surface area contributed by atoms with E-state index in [0.717, 1.165) is 5.56 Å². The van der Waals surface area contributed by atoms with Crippen LogP contribution in [-0.2, 0) is 5.41 Å². The Morgan fingerprint density at radius 2 is 1.83 bits per heavy atom. The van der Waals surface area contributed by atoms with Gasteiger partial charge in [-0.25, -0.2) is 4.79 Å². The molecule has 0 bridgehead atoms. The molecule has 0 saturated heterocycles. The van der Waals surface area contributed by atoms with Crippen molar-refractivity contribution in [3.63, 3.8) is 0 Å². The molecular weight excluding hydrogens is 416 g/mol. The molecule has 1 saturated carbocycles. The maximum Gasteiger partial charge on any atom is 0.371 e. The molecule has 1 aliphatic rings. The zero-order valence-corrected chi connectivity index (χ0v) is 19.2.